The monoisotopic (exact) mass is 514 g/mol. The Balaban J connectivity index is 1.86. The van der Waals surface area contributed by atoms with E-state index in [4.69, 9.17) is 46.4 Å². The van der Waals surface area contributed by atoms with Gasteiger partial charge in [-0.1, -0.05) is 78.3 Å². The van der Waals surface area contributed by atoms with Gasteiger partial charge in [0.1, 0.15) is 6.04 Å². The molecule has 1 aliphatic rings. The van der Waals surface area contributed by atoms with Crippen LogP contribution < -0.4 is 5.32 Å². The highest BCUT2D eigenvalue weighted by atomic mass is 35.5. The normalized spacial score (nSPS) is 14.9. The highest BCUT2D eigenvalue weighted by Crippen LogP contribution is 2.26. The van der Waals surface area contributed by atoms with Crippen molar-refractivity contribution in [2.24, 2.45) is 0 Å². The lowest BCUT2D eigenvalue weighted by molar-refractivity contribution is -0.141. The third kappa shape index (κ3) is 6.54. The predicted octanol–water partition coefficient (Wildman–Crippen LogP) is 6.71. The van der Waals surface area contributed by atoms with Crippen LogP contribution in [0.3, 0.4) is 0 Å². The van der Waals surface area contributed by atoms with Gasteiger partial charge in [-0.2, -0.15) is 0 Å². The molecule has 0 aromatic heterocycles. The van der Waals surface area contributed by atoms with Crippen LogP contribution in [0.5, 0.6) is 0 Å². The molecule has 0 saturated heterocycles. The second kappa shape index (κ2) is 11.6. The molecule has 0 spiro atoms. The van der Waals surface area contributed by atoms with Gasteiger partial charge in [-0.25, -0.2) is 0 Å². The minimum atomic E-state index is -0.608. The first-order valence-corrected chi connectivity index (χ1v) is 12.3. The summed E-state index contributed by atoms with van der Waals surface area (Å²) in [4.78, 5) is 28.2. The van der Waals surface area contributed by atoms with Gasteiger partial charge >= 0.3 is 0 Å². The van der Waals surface area contributed by atoms with Crippen LogP contribution in [-0.2, 0) is 22.6 Å². The number of amides is 2. The van der Waals surface area contributed by atoms with Gasteiger partial charge in [0.2, 0.25) is 11.8 Å². The fraction of sp³-hybridized carbons (Fsp3) is 0.417. The molecule has 0 bridgehead atoms. The van der Waals surface area contributed by atoms with Gasteiger partial charge in [-0.05, 0) is 54.7 Å². The van der Waals surface area contributed by atoms with Crippen molar-refractivity contribution in [3.63, 3.8) is 0 Å². The minimum Gasteiger partial charge on any atom is -0.352 e. The van der Waals surface area contributed by atoms with Crippen molar-refractivity contribution in [1.82, 2.24) is 10.2 Å². The average Bonchev–Trinajstić information content (AvgIpc) is 3.25. The van der Waals surface area contributed by atoms with E-state index in [1.165, 1.54) is 0 Å². The molecule has 0 aliphatic heterocycles. The number of rotatable bonds is 8. The number of hydrogen-bond donors (Lipinski definition) is 1. The SMILES string of the molecule is CC[C@H](C(=O)NC1CCCC1)N(Cc1ccc(Cl)c(Cl)c1)C(=O)Cc1ccc(Cl)cc1Cl. The molecular weight excluding hydrogens is 490 g/mol. The summed E-state index contributed by atoms with van der Waals surface area (Å²) in [5.74, 6) is -0.330. The number of nitrogens with zero attached hydrogens (tertiary/aromatic N) is 1. The minimum absolute atomic E-state index is 0.0601. The maximum atomic E-state index is 13.4. The Morgan fingerprint density at radius 2 is 1.72 bits per heavy atom. The van der Waals surface area contributed by atoms with Crippen LogP contribution in [-0.4, -0.2) is 28.8 Å². The third-order valence-electron chi connectivity index (χ3n) is 5.78. The molecule has 1 N–H and O–H groups in total. The number of carbonyl (C=O) groups is 2. The Bertz CT molecular complexity index is 976. The quantitative estimate of drug-likeness (QED) is 0.424. The fourth-order valence-corrected chi connectivity index (χ4v) is 4.85. The Morgan fingerprint density at radius 1 is 1.00 bits per heavy atom. The highest BCUT2D eigenvalue weighted by molar-refractivity contribution is 6.42. The van der Waals surface area contributed by atoms with Crippen molar-refractivity contribution in [2.75, 3.05) is 0 Å². The Kier molecular flexibility index (Phi) is 9.13. The highest BCUT2D eigenvalue weighted by Gasteiger charge is 2.31. The Hall–Kier alpha value is -1.46. The summed E-state index contributed by atoms with van der Waals surface area (Å²) in [5, 5.41) is 4.89. The van der Waals surface area contributed by atoms with Gasteiger partial charge in [0.15, 0.2) is 0 Å². The van der Waals surface area contributed by atoms with Crippen LogP contribution >= 0.6 is 46.4 Å². The Morgan fingerprint density at radius 3 is 2.34 bits per heavy atom. The number of benzene rings is 2. The standard InChI is InChI=1S/C24H26Cl4N2O2/c1-2-22(24(32)29-18-5-3-4-6-18)30(14-15-7-10-19(26)21(28)11-15)23(31)12-16-8-9-17(25)13-20(16)27/h7-11,13,18,22H,2-6,12,14H2,1H3,(H,29,32)/t22-/m1/s1. The summed E-state index contributed by atoms with van der Waals surface area (Å²) >= 11 is 24.5. The van der Waals surface area contributed by atoms with Crippen LogP contribution in [0.2, 0.25) is 20.1 Å². The molecule has 4 nitrogen and oxygen atoms in total. The maximum absolute atomic E-state index is 13.4. The third-order valence-corrected chi connectivity index (χ3v) is 7.11. The fourth-order valence-electron chi connectivity index (χ4n) is 4.05. The van der Waals surface area contributed by atoms with Gasteiger partial charge in [-0.3, -0.25) is 9.59 Å². The molecule has 8 heteroatoms. The van der Waals surface area contributed by atoms with E-state index in [1.807, 2.05) is 13.0 Å². The second-order valence-corrected chi connectivity index (χ2v) is 9.75. The summed E-state index contributed by atoms with van der Waals surface area (Å²) in [7, 11) is 0. The molecule has 0 radical (unpaired) electrons. The Labute approximate surface area is 209 Å². The smallest absolute Gasteiger partial charge is 0.243 e. The van der Waals surface area contributed by atoms with Gasteiger partial charge in [0, 0.05) is 22.6 Å². The van der Waals surface area contributed by atoms with E-state index in [-0.39, 0.29) is 30.8 Å². The molecule has 1 atom stereocenters. The number of hydrogen-bond acceptors (Lipinski definition) is 2. The van der Waals surface area contributed by atoms with Crippen molar-refractivity contribution in [1.29, 1.82) is 0 Å². The number of nitrogens with one attached hydrogen (secondary N) is 1. The molecular formula is C24H26Cl4N2O2. The molecule has 1 saturated carbocycles. The number of halogens is 4. The van der Waals surface area contributed by atoms with Crippen LogP contribution in [0.25, 0.3) is 0 Å². The number of carbonyl (C=O) groups excluding carboxylic acids is 2. The van der Waals surface area contributed by atoms with Crippen molar-refractivity contribution >= 4 is 58.2 Å². The first-order valence-electron chi connectivity index (χ1n) is 10.8. The predicted molar refractivity (Wildman–Crippen MR) is 132 cm³/mol. The van der Waals surface area contributed by atoms with E-state index in [2.05, 4.69) is 5.32 Å². The van der Waals surface area contributed by atoms with Crippen molar-refractivity contribution < 1.29 is 9.59 Å². The molecule has 1 fully saturated rings. The maximum Gasteiger partial charge on any atom is 0.243 e. The summed E-state index contributed by atoms with van der Waals surface area (Å²) in [5.41, 5.74) is 1.45. The van der Waals surface area contributed by atoms with E-state index >= 15 is 0 Å². The van der Waals surface area contributed by atoms with Crippen LogP contribution in [0.15, 0.2) is 36.4 Å². The molecule has 2 amide bonds. The van der Waals surface area contributed by atoms with Crippen molar-refractivity contribution in [3.05, 3.63) is 67.6 Å². The lowest BCUT2D eigenvalue weighted by Crippen LogP contribution is -2.51. The second-order valence-electron chi connectivity index (χ2n) is 8.10. The van der Waals surface area contributed by atoms with Crippen molar-refractivity contribution in [3.8, 4) is 0 Å². The van der Waals surface area contributed by atoms with Crippen molar-refractivity contribution in [2.45, 2.75) is 64.1 Å². The van der Waals surface area contributed by atoms with Crippen LogP contribution in [0.4, 0.5) is 0 Å². The molecule has 0 unspecified atom stereocenters. The van der Waals surface area contributed by atoms with Gasteiger partial charge in [0.05, 0.1) is 16.5 Å². The molecule has 3 rings (SSSR count). The molecule has 2 aromatic rings. The molecule has 32 heavy (non-hydrogen) atoms. The summed E-state index contributed by atoms with van der Waals surface area (Å²) < 4.78 is 0. The molecule has 172 valence electrons. The molecule has 2 aromatic carbocycles. The first kappa shape index (κ1) is 25.2. The average molecular weight is 516 g/mol. The van der Waals surface area contributed by atoms with Gasteiger partial charge in [-0.15, -0.1) is 0 Å². The largest absolute Gasteiger partial charge is 0.352 e. The zero-order valence-electron chi connectivity index (χ0n) is 17.8. The lowest BCUT2D eigenvalue weighted by Gasteiger charge is -2.32. The summed E-state index contributed by atoms with van der Waals surface area (Å²) in [6, 6.07) is 9.83. The lowest BCUT2D eigenvalue weighted by atomic mass is 10.1. The van der Waals surface area contributed by atoms with Gasteiger partial charge in [0.25, 0.3) is 0 Å². The van der Waals surface area contributed by atoms with E-state index < -0.39 is 6.04 Å². The zero-order valence-corrected chi connectivity index (χ0v) is 20.9. The molecule has 1 aliphatic carbocycles. The molecule has 0 heterocycles. The first-order chi connectivity index (χ1) is 15.3. The van der Waals surface area contributed by atoms with Crippen LogP contribution in [0.1, 0.15) is 50.2 Å². The van der Waals surface area contributed by atoms with E-state index in [0.717, 1.165) is 31.2 Å². The van der Waals surface area contributed by atoms with E-state index in [1.54, 1.807) is 35.2 Å². The van der Waals surface area contributed by atoms with Gasteiger partial charge < -0.3 is 10.2 Å². The van der Waals surface area contributed by atoms with E-state index in [0.29, 0.717) is 32.1 Å². The van der Waals surface area contributed by atoms with Crippen LogP contribution in [0, 0.1) is 0 Å². The summed E-state index contributed by atoms with van der Waals surface area (Å²) in [6.45, 7) is 2.14. The topological polar surface area (TPSA) is 49.4 Å². The zero-order chi connectivity index (χ0) is 23.3. The van der Waals surface area contributed by atoms with E-state index in [9.17, 15) is 9.59 Å². The summed E-state index contributed by atoms with van der Waals surface area (Å²) in [6.07, 6.45) is 4.72.